The maximum atomic E-state index is 12.9. The third-order valence-corrected chi connectivity index (χ3v) is 1.67. The van der Waals surface area contributed by atoms with E-state index < -0.39 is 0 Å². The van der Waals surface area contributed by atoms with Crippen LogP contribution in [0.2, 0.25) is 0 Å². The summed E-state index contributed by atoms with van der Waals surface area (Å²) in [5.74, 6) is -1.01. The van der Waals surface area contributed by atoms with E-state index in [0.29, 0.717) is 6.42 Å². The van der Waals surface area contributed by atoms with Gasteiger partial charge in [0.1, 0.15) is 11.7 Å². The van der Waals surface area contributed by atoms with Gasteiger partial charge < -0.3 is 0 Å². The fourth-order valence-corrected chi connectivity index (χ4v) is 0.996. The molecule has 0 saturated heterocycles. The van der Waals surface area contributed by atoms with E-state index in [0.717, 1.165) is 0 Å². The Bertz CT molecular complexity index is 224. The van der Waals surface area contributed by atoms with Crippen LogP contribution < -0.4 is 0 Å². The Hall–Kier alpha value is -0.920. The Morgan fingerprint density at radius 2 is 2.18 bits per heavy atom. The fourth-order valence-electron chi connectivity index (χ4n) is 0.996. The highest BCUT2D eigenvalue weighted by atomic mass is 19.1. The number of halogens is 2. The number of hydrogen-bond donors (Lipinski definition) is 0. The lowest BCUT2D eigenvalue weighted by atomic mass is 10.1. The van der Waals surface area contributed by atoms with E-state index >= 15 is 0 Å². The molecular formula is C9H10F2. The van der Waals surface area contributed by atoms with Gasteiger partial charge >= 0.3 is 0 Å². The summed E-state index contributed by atoms with van der Waals surface area (Å²) in [4.78, 5) is 0. The molecule has 0 bridgehead atoms. The molecule has 0 heterocycles. The monoisotopic (exact) mass is 156 g/mol. The first kappa shape index (κ1) is 8.18. The van der Waals surface area contributed by atoms with Gasteiger partial charge in [-0.25, -0.2) is 8.78 Å². The van der Waals surface area contributed by atoms with Crippen LogP contribution in [0.4, 0.5) is 8.78 Å². The van der Waals surface area contributed by atoms with Gasteiger partial charge in [-0.1, -0.05) is 13.0 Å². The molecule has 11 heavy (non-hydrogen) atoms. The Morgan fingerprint density at radius 1 is 1.45 bits per heavy atom. The summed E-state index contributed by atoms with van der Waals surface area (Å²) < 4.78 is 25.5. The number of rotatable bonds is 1. The van der Waals surface area contributed by atoms with Crippen LogP contribution in [0.5, 0.6) is 0 Å². The van der Waals surface area contributed by atoms with Gasteiger partial charge in [-0.15, -0.1) is 0 Å². The maximum Gasteiger partial charge on any atom is 0.119 e. The topological polar surface area (TPSA) is 0 Å². The molecule has 0 fully saturated rings. The van der Waals surface area contributed by atoms with Gasteiger partial charge in [-0.05, 0) is 24.6 Å². The Balaban J connectivity index is 2.86. The maximum absolute atomic E-state index is 12.9. The van der Waals surface area contributed by atoms with E-state index in [2.05, 4.69) is 0 Å². The first-order valence-corrected chi connectivity index (χ1v) is 3.65. The van der Waals surface area contributed by atoms with Crippen LogP contribution in [-0.2, 0) is 0 Å². The highest BCUT2D eigenvalue weighted by Crippen LogP contribution is 2.22. The van der Waals surface area contributed by atoms with Gasteiger partial charge in [0.2, 0.25) is 0 Å². The van der Waals surface area contributed by atoms with Crippen LogP contribution >= 0.6 is 0 Å². The summed E-state index contributed by atoms with van der Waals surface area (Å²) in [5.41, 5.74) is 0. The van der Waals surface area contributed by atoms with Crippen molar-refractivity contribution >= 4 is 0 Å². The summed E-state index contributed by atoms with van der Waals surface area (Å²) in [7, 11) is 0. The second-order valence-corrected chi connectivity index (χ2v) is 2.48. The van der Waals surface area contributed by atoms with Crippen molar-refractivity contribution in [1.29, 1.82) is 0 Å². The van der Waals surface area contributed by atoms with Gasteiger partial charge in [-0.3, -0.25) is 0 Å². The quantitative estimate of drug-likeness (QED) is 0.546. The second-order valence-electron chi connectivity index (χ2n) is 2.48. The molecule has 0 aromatic rings. The Morgan fingerprint density at radius 3 is 2.82 bits per heavy atom. The minimum atomic E-state index is -0.384. The van der Waals surface area contributed by atoms with Crippen molar-refractivity contribution in [3.05, 3.63) is 36.0 Å². The molecular weight excluding hydrogens is 146 g/mol. The lowest BCUT2D eigenvalue weighted by Gasteiger charge is -2.04. The van der Waals surface area contributed by atoms with Gasteiger partial charge in [0, 0.05) is 5.92 Å². The van der Waals surface area contributed by atoms with E-state index in [-0.39, 0.29) is 17.6 Å². The zero-order valence-electron chi connectivity index (χ0n) is 6.35. The number of hydrogen-bond acceptors (Lipinski definition) is 0. The minimum Gasteiger partial charge on any atom is -0.211 e. The smallest absolute Gasteiger partial charge is 0.119 e. The molecule has 0 aromatic carbocycles. The Labute approximate surface area is 64.9 Å². The van der Waals surface area contributed by atoms with Crippen LogP contribution in [0.15, 0.2) is 36.0 Å². The lowest BCUT2D eigenvalue weighted by Crippen LogP contribution is -1.93. The highest BCUT2D eigenvalue weighted by Gasteiger charge is 2.10. The SMILES string of the molecule is CCC1C=C(F)C=CC=C1F. The average molecular weight is 156 g/mol. The van der Waals surface area contributed by atoms with Crippen LogP contribution in [-0.4, -0.2) is 0 Å². The minimum absolute atomic E-state index is 0.267. The third-order valence-electron chi connectivity index (χ3n) is 1.67. The summed E-state index contributed by atoms with van der Waals surface area (Å²) in [6.45, 7) is 1.83. The molecule has 1 aliphatic rings. The molecule has 1 aliphatic carbocycles. The fraction of sp³-hybridized carbons (Fsp3) is 0.333. The molecule has 0 N–H and O–H groups in total. The zero-order valence-corrected chi connectivity index (χ0v) is 6.35. The lowest BCUT2D eigenvalue weighted by molar-refractivity contribution is 0.508. The van der Waals surface area contributed by atoms with Gasteiger partial charge in [0.05, 0.1) is 0 Å². The molecule has 60 valence electrons. The zero-order chi connectivity index (χ0) is 8.27. The first-order valence-electron chi connectivity index (χ1n) is 3.65. The molecule has 1 unspecified atom stereocenters. The molecule has 1 rings (SSSR count). The van der Waals surface area contributed by atoms with E-state index in [1.807, 2.05) is 6.92 Å². The summed E-state index contributed by atoms with van der Waals surface area (Å²) in [6, 6.07) is 0. The molecule has 0 radical (unpaired) electrons. The standard InChI is InChI=1S/C9H10F2/c1-2-7-6-8(10)4-3-5-9(7)11/h3-7H,2H2,1H3. The second kappa shape index (κ2) is 3.46. The van der Waals surface area contributed by atoms with Crippen LogP contribution in [0.3, 0.4) is 0 Å². The van der Waals surface area contributed by atoms with Crippen molar-refractivity contribution in [2.45, 2.75) is 13.3 Å². The van der Waals surface area contributed by atoms with Crippen molar-refractivity contribution in [3.63, 3.8) is 0 Å². The van der Waals surface area contributed by atoms with Crippen molar-refractivity contribution in [2.24, 2.45) is 5.92 Å². The molecule has 0 spiro atoms. The van der Waals surface area contributed by atoms with Gasteiger partial charge in [0.25, 0.3) is 0 Å². The van der Waals surface area contributed by atoms with E-state index in [1.165, 1.54) is 24.3 Å². The average Bonchev–Trinajstić information content (AvgIpc) is 2.13. The van der Waals surface area contributed by atoms with Crippen LogP contribution in [0.1, 0.15) is 13.3 Å². The Kier molecular flexibility index (Phi) is 2.58. The van der Waals surface area contributed by atoms with Gasteiger partial charge in [-0.2, -0.15) is 0 Å². The molecule has 2 heteroatoms. The highest BCUT2D eigenvalue weighted by molar-refractivity contribution is 5.26. The van der Waals surface area contributed by atoms with Crippen molar-refractivity contribution in [1.82, 2.24) is 0 Å². The molecule has 0 nitrogen and oxygen atoms in total. The van der Waals surface area contributed by atoms with E-state index in [4.69, 9.17) is 0 Å². The molecule has 1 atom stereocenters. The largest absolute Gasteiger partial charge is 0.211 e. The molecule has 0 saturated carbocycles. The van der Waals surface area contributed by atoms with Gasteiger partial charge in [0.15, 0.2) is 0 Å². The summed E-state index contributed by atoms with van der Waals surface area (Å²) >= 11 is 0. The summed E-state index contributed by atoms with van der Waals surface area (Å²) in [5, 5.41) is 0. The normalized spacial score (nSPS) is 24.1. The van der Waals surface area contributed by atoms with Crippen molar-refractivity contribution < 1.29 is 8.78 Å². The molecule has 0 aromatic heterocycles. The number of allylic oxidation sites excluding steroid dienone is 6. The van der Waals surface area contributed by atoms with Crippen molar-refractivity contribution in [2.75, 3.05) is 0 Å². The van der Waals surface area contributed by atoms with Crippen LogP contribution in [0, 0.1) is 5.92 Å². The predicted molar refractivity (Wildman–Crippen MR) is 41.3 cm³/mol. The van der Waals surface area contributed by atoms with E-state index in [9.17, 15) is 8.78 Å². The van der Waals surface area contributed by atoms with Crippen molar-refractivity contribution in [3.8, 4) is 0 Å². The first-order chi connectivity index (χ1) is 5.24. The molecule has 0 amide bonds. The molecule has 0 aliphatic heterocycles. The van der Waals surface area contributed by atoms with Crippen LogP contribution in [0.25, 0.3) is 0 Å². The third kappa shape index (κ3) is 2.00. The summed E-state index contributed by atoms with van der Waals surface area (Å²) in [6.07, 6.45) is 5.84. The van der Waals surface area contributed by atoms with E-state index in [1.54, 1.807) is 0 Å². The predicted octanol–water partition coefficient (Wildman–Crippen LogP) is 3.29.